The summed E-state index contributed by atoms with van der Waals surface area (Å²) in [6, 6.07) is 22.3. The molecule has 1 aliphatic heterocycles. The molecule has 2 aromatic heterocycles. The summed E-state index contributed by atoms with van der Waals surface area (Å²) in [4.78, 5) is 9.98. The molecular formula is C30H30N6. The highest BCUT2D eigenvalue weighted by molar-refractivity contribution is 5.71. The molecule has 180 valence electrons. The summed E-state index contributed by atoms with van der Waals surface area (Å²) in [5, 5.41) is 18.5. The molecule has 0 N–H and O–H groups in total. The Morgan fingerprint density at radius 2 is 1.64 bits per heavy atom. The fraction of sp³-hybridized carbons (Fsp3) is 0.300. The second-order valence-electron chi connectivity index (χ2n) is 9.63. The van der Waals surface area contributed by atoms with Crippen molar-refractivity contribution in [1.29, 1.82) is 10.5 Å². The minimum absolute atomic E-state index is 0.649. The van der Waals surface area contributed by atoms with E-state index in [2.05, 4.69) is 57.8 Å². The van der Waals surface area contributed by atoms with E-state index in [1.807, 2.05) is 43.3 Å². The number of nitrogens with zero attached hydrogens (tertiary/aromatic N) is 6. The van der Waals surface area contributed by atoms with E-state index in [1.165, 1.54) is 12.1 Å². The number of benzene rings is 2. The lowest BCUT2D eigenvalue weighted by atomic mass is 10.0. The van der Waals surface area contributed by atoms with Gasteiger partial charge in [-0.3, -0.25) is 0 Å². The number of hydrogen-bond acceptors (Lipinski definition) is 5. The zero-order chi connectivity index (χ0) is 25.1. The standard InChI is InChI=1S/C30H30N6/c1-22-18-25(8-9-26(22)20-32)27-10-11-29-33-30(24-6-4-23(19-31)5-7-24)28(36(29)21-27)12-15-35-14-3-13-34(2)16-17-35/h4-11,18,21H,3,12-17H2,1-2H3. The number of rotatable bonds is 5. The van der Waals surface area contributed by atoms with E-state index in [9.17, 15) is 10.5 Å². The maximum Gasteiger partial charge on any atom is 0.137 e. The molecule has 0 spiro atoms. The topological polar surface area (TPSA) is 71.4 Å². The van der Waals surface area contributed by atoms with Gasteiger partial charge in [0, 0.05) is 37.8 Å². The largest absolute Gasteiger partial charge is 0.305 e. The Labute approximate surface area is 212 Å². The highest BCUT2D eigenvalue weighted by Gasteiger charge is 2.18. The van der Waals surface area contributed by atoms with Gasteiger partial charge < -0.3 is 14.2 Å². The van der Waals surface area contributed by atoms with Crippen LogP contribution in [0.1, 0.15) is 28.8 Å². The lowest BCUT2D eigenvalue weighted by Gasteiger charge is -2.20. The average molecular weight is 475 g/mol. The van der Waals surface area contributed by atoms with Gasteiger partial charge >= 0.3 is 0 Å². The quantitative estimate of drug-likeness (QED) is 0.411. The van der Waals surface area contributed by atoms with Gasteiger partial charge in [0.1, 0.15) is 5.65 Å². The number of aromatic nitrogens is 2. The summed E-state index contributed by atoms with van der Waals surface area (Å²) < 4.78 is 2.22. The maximum absolute atomic E-state index is 9.31. The van der Waals surface area contributed by atoms with E-state index in [4.69, 9.17) is 4.98 Å². The minimum atomic E-state index is 0.649. The van der Waals surface area contributed by atoms with Crippen LogP contribution in [-0.4, -0.2) is 59.0 Å². The first kappa shape index (κ1) is 23.8. The molecule has 5 rings (SSSR count). The van der Waals surface area contributed by atoms with Crippen LogP contribution in [0.15, 0.2) is 60.8 Å². The monoisotopic (exact) mass is 474 g/mol. The molecule has 0 bridgehead atoms. The van der Waals surface area contributed by atoms with E-state index in [0.29, 0.717) is 11.1 Å². The van der Waals surface area contributed by atoms with Gasteiger partial charge in [0.25, 0.3) is 0 Å². The van der Waals surface area contributed by atoms with Gasteiger partial charge in [0.05, 0.1) is 34.7 Å². The minimum Gasteiger partial charge on any atom is -0.305 e. The lowest BCUT2D eigenvalue weighted by molar-refractivity contribution is 0.278. The summed E-state index contributed by atoms with van der Waals surface area (Å²) >= 11 is 0. The predicted molar refractivity (Wildman–Crippen MR) is 142 cm³/mol. The van der Waals surface area contributed by atoms with E-state index < -0.39 is 0 Å². The molecule has 0 radical (unpaired) electrons. The Kier molecular flexibility index (Phi) is 6.82. The summed E-state index contributed by atoms with van der Waals surface area (Å²) in [5.41, 5.74) is 8.60. The fourth-order valence-electron chi connectivity index (χ4n) is 4.99. The maximum atomic E-state index is 9.31. The molecule has 1 saturated heterocycles. The zero-order valence-electron chi connectivity index (χ0n) is 20.9. The average Bonchev–Trinajstić information content (AvgIpc) is 3.14. The molecule has 6 heteroatoms. The molecule has 2 aromatic carbocycles. The first-order valence-electron chi connectivity index (χ1n) is 12.5. The van der Waals surface area contributed by atoms with Crippen LogP contribution in [0.25, 0.3) is 28.0 Å². The predicted octanol–water partition coefficient (Wildman–Crippen LogP) is 4.90. The van der Waals surface area contributed by atoms with Crippen LogP contribution in [0.4, 0.5) is 0 Å². The third-order valence-electron chi connectivity index (χ3n) is 7.16. The molecule has 0 aliphatic carbocycles. The molecule has 0 saturated carbocycles. The number of imidazole rings is 1. The van der Waals surface area contributed by atoms with Crippen LogP contribution in [0.2, 0.25) is 0 Å². The van der Waals surface area contributed by atoms with Crippen molar-refractivity contribution in [3.05, 3.63) is 83.2 Å². The molecule has 1 aliphatic rings. The normalized spacial score (nSPS) is 14.9. The molecule has 0 atom stereocenters. The van der Waals surface area contributed by atoms with Crippen molar-refractivity contribution in [3.63, 3.8) is 0 Å². The molecular weight excluding hydrogens is 444 g/mol. The molecule has 1 fully saturated rings. The van der Waals surface area contributed by atoms with Gasteiger partial charge in [-0.25, -0.2) is 4.98 Å². The first-order valence-corrected chi connectivity index (χ1v) is 12.5. The number of pyridine rings is 1. The molecule has 0 amide bonds. The van der Waals surface area contributed by atoms with E-state index in [0.717, 1.165) is 72.7 Å². The van der Waals surface area contributed by atoms with Crippen LogP contribution in [0.5, 0.6) is 0 Å². The molecule has 4 aromatic rings. The van der Waals surface area contributed by atoms with Gasteiger partial charge in [-0.1, -0.05) is 24.3 Å². The number of aryl methyl sites for hydroxylation is 1. The third-order valence-corrected chi connectivity index (χ3v) is 7.16. The molecule has 0 unspecified atom stereocenters. The number of likely N-dealkylation sites (N-methyl/N-ethyl adjacent to an activating group) is 1. The van der Waals surface area contributed by atoms with Crippen molar-refractivity contribution in [1.82, 2.24) is 19.2 Å². The van der Waals surface area contributed by atoms with Gasteiger partial charge in [-0.2, -0.15) is 10.5 Å². The lowest BCUT2D eigenvalue weighted by Crippen LogP contribution is -2.30. The van der Waals surface area contributed by atoms with Crippen LogP contribution < -0.4 is 0 Å². The van der Waals surface area contributed by atoms with Crippen LogP contribution in [-0.2, 0) is 6.42 Å². The Morgan fingerprint density at radius 1 is 0.861 bits per heavy atom. The highest BCUT2D eigenvalue weighted by Crippen LogP contribution is 2.29. The Bertz CT molecular complexity index is 1470. The van der Waals surface area contributed by atoms with Crippen LogP contribution in [0, 0.1) is 29.6 Å². The van der Waals surface area contributed by atoms with Crippen molar-refractivity contribution in [2.45, 2.75) is 19.8 Å². The summed E-state index contributed by atoms with van der Waals surface area (Å²) in [6.07, 6.45) is 4.24. The Hall–Kier alpha value is -3.97. The van der Waals surface area contributed by atoms with Crippen LogP contribution in [0.3, 0.4) is 0 Å². The van der Waals surface area contributed by atoms with E-state index >= 15 is 0 Å². The van der Waals surface area contributed by atoms with Crippen molar-refractivity contribution in [2.24, 2.45) is 0 Å². The Balaban J connectivity index is 1.55. The molecule has 6 nitrogen and oxygen atoms in total. The highest BCUT2D eigenvalue weighted by atomic mass is 15.2. The smallest absolute Gasteiger partial charge is 0.137 e. The van der Waals surface area contributed by atoms with Gasteiger partial charge in [-0.15, -0.1) is 0 Å². The molecule has 36 heavy (non-hydrogen) atoms. The van der Waals surface area contributed by atoms with Crippen LogP contribution >= 0.6 is 0 Å². The number of hydrogen-bond donors (Lipinski definition) is 0. The SMILES string of the molecule is Cc1cc(-c2ccc3nc(-c4ccc(C#N)cc4)c(CCN4CCCN(C)CC4)n3c2)ccc1C#N. The van der Waals surface area contributed by atoms with E-state index in [-0.39, 0.29) is 0 Å². The summed E-state index contributed by atoms with van der Waals surface area (Å²) in [5.74, 6) is 0. The van der Waals surface area contributed by atoms with Gasteiger partial charge in [-0.05, 0) is 80.5 Å². The first-order chi connectivity index (χ1) is 17.6. The molecule has 3 heterocycles. The third kappa shape index (κ3) is 4.88. The second-order valence-corrected chi connectivity index (χ2v) is 9.63. The Morgan fingerprint density at radius 3 is 2.39 bits per heavy atom. The fourth-order valence-corrected chi connectivity index (χ4v) is 4.99. The number of nitriles is 2. The zero-order valence-corrected chi connectivity index (χ0v) is 20.9. The van der Waals surface area contributed by atoms with Crippen molar-refractivity contribution < 1.29 is 0 Å². The summed E-state index contributed by atoms with van der Waals surface area (Å²) in [7, 11) is 2.20. The number of fused-ring (bicyclic) bond motifs is 1. The second kappa shape index (κ2) is 10.3. The van der Waals surface area contributed by atoms with Crippen molar-refractivity contribution in [3.8, 4) is 34.5 Å². The van der Waals surface area contributed by atoms with Gasteiger partial charge in [0.2, 0.25) is 0 Å². The van der Waals surface area contributed by atoms with Crippen molar-refractivity contribution >= 4 is 5.65 Å². The van der Waals surface area contributed by atoms with Crippen molar-refractivity contribution in [2.75, 3.05) is 39.8 Å². The van der Waals surface area contributed by atoms with Gasteiger partial charge in [0.15, 0.2) is 0 Å². The summed E-state index contributed by atoms with van der Waals surface area (Å²) in [6.45, 7) is 7.39. The van der Waals surface area contributed by atoms with E-state index in [1.54, 1.807) is 0 Å².